The van der Waals surface area contributed by atoms with Gasteiger partial charge in [-0.3, -0.25) is 0 Å². The Balaban J connectivity index is 1.89. The maximum atomic E-state index is 13.5. The Morgan fingerprint density at radius 3 is 2.89 bits per heavy atom. The van der Waals surface area contributed by atoms with Gasteiger partial charge in [-0.25, -0.2) is 8.78 Å². The lowest BCUT2D eigenvalue weighted by molar-refractivity contribution is 0.475. The molecule has 0 spiro atoms. The van der Waals surface area contributed by atoms with Crippen LogP contribution in [0.1, 0.15) is 38.2 Å². The van der Waals surface area contributed by atoms with E-state index < -0.39 is 0 Å². The van der Waals surface area contributed by atoms with Gasteiger partial charge in [0.1, 0.15) is 11.6 Å². The fourth-order valence-corrected chi connectivity index (χ4v) is 2.80. The lowest BCUT2D eigenvalue weighted by atomic mass is 9.97. The summed E-state index contributed by atoms with van der Waals surface area (Å²) in [7, 11) is 0. The summed E-state index contributed by atoms with van der Waals surface area (Å²) in [5.74, 6) is -0.137. The highest BCUT2D eigenvalue weighted by Crippen LogP contribution is 2.29. The van der Waals surface area contributed by atoms with Crippen LogP contribution in [0.15, 0.2) is 18.2 Å². The normalized spacial score (nSPS) is 23.5. The summed E-state index contributed by atoms with van der Waals surface area (Å²) in [6.45, 7) is 3.20. The number of halogens is 2. The van der Waals surface area contributed by atoms with Crippen molar-refractivity contribution in [1.29, 1.82) is 0 Å². The van der Waals surface area contributed by atoms with Crippen LogP contribution in [0.4, 0.5) is 8.78 Å². The summed E-state index contributed by atoms with van der Waals surface area (Å²) in [5.41, 5.74) is 0.524. The molecular weight excluding hydrogens is 232 g/mol. The van der Waals surface area contributed by atoms with E-state index in [1.54, 1.807) is 0 Å². The predicted octanol–water partition coefficient (Wildman–Crippen LogP) is 3.68. The molecule has 2 atom stereocenters. The number of hydrogen-bond donors (Lipinski definition) is 1. The third kappa shape index (κ3) is 3.52. The molecule has 1 aliphatic carbocycles. The van der Waals surface area contributed by atoms with E-state index >= 15 is 0 Å². The average Bonchev–Trinajstić information content (AvgIpc) is 2.79. The van der Waals surface area contributed by atoms with Crippen molar-refractivity contribution >= 4 is 0 Å². The molecule has 0 aromatic heterocycles. The Bertz CT molecular complexity index is 392. The average molecular weight is 253 g/mol. The minimum Gasteiger partial charge on any atom is -0.314 e. The number of nitrogens with one attached hydrogen (secondary N) is 1. The smallest absolute Gasteiger partial charge is 0.126 e. The van der Waals surface area contributed by atoms with Crippen molar-refractivity contribution in [3.8, 4) is 0 Å². The highest BCUT2D eigenvalue weighted by Gasteiger charge is 2.24. The largest absolute Gasteiger partial charge is 0.314 e. The van der Waals surface area contributed by atoms with Crippen LogP contribution in [-0.4, -0.2) is 12.6 Å². The van der Waals surface area contributed by atoms with Gasteiger partial charge in [-0.15, -0.1) is 0 Å². The van der Waals surface area contributed by atoms with Gasteiger partial charge in [0.15, 0.2) is 0 Å². The molecular formula is C15H21F2N. The zero-order chi connectivity index (χ0) is 13.0. The Morgan fingerprint density at radius 1 is 1.28 bits per heavy atom. The van der Waals surface area contributed by atoms with Crippen molar-refractivity contribution in [1.82, 2.24) is 5.32 Å². The molecule has 1 aliphatic rings. The van der Waals surface area contributed by atoms with Crippen LogP contribution in [0.3, 0.4) is 0 Å². The van der Waals surface area contributed by atoms with Crippen LogP contribution in [0, 0.1) is 17.6 Å². The lowest BCUT2D eigenvalue weighted by Crippen LogP contribution is -2.27. The minimum atomic E-state index is -0.343. The van der Waals surface area contributed by atoms with Crippen LogP contribution in [-0.2, 0) is 6.42 Å². The van der Waals surface area contributed by atoms with Crippen molar-refractivity contribution < 1.29 is 8.78 Å². The van der Waals surface area contributed by atoms with E-state index in [-0.39, 0.29) is 11.6 Å². The van der Waals surface area contributed by atoms with Gasteiger partial charge in [-0.05, 0) is 68.3 Å². The van der Waals surface area contributed by atoms with Gasteiger partial charge in [0, 0.05) is 6.04 Å². The van der Waals surface area contributed by atoms with Crippen LogP contribution < -0.4 is 5.32 Å². The van der Waals surface area contributed by atoms with Crippen LogP contribution in [0.5, 0.6) is 0 Å². The monoisotopic (exact) mass is 253 g/mol. The Hall–Kier alpha value is -0.960. The molecule has 1 aromatic carbocycles. The van der Waals surface area contributed by atoms with Crippen LogP contribution in [0.2, 0.25) is 0 Å². The SMILES string of the molecule is CCCNC1CCC(Cc2cc(F)ccc2F)C1. The molecule has 100 valence electrons. The van der Waals surface area contributed by atoms with Gasteiger partial charge in [0.05, 0.1) is 0 Å². The van der Waals surface area contributed by atoms with Crippen molar-refractivity contribution in [2.45, 2.75) is 45.1 Å². The molecule has 0 heterocycles. The summed E-state index contributed by atoms with van der Waals surface area (Å²) in [6, 6.07) is 4.31. The van der Waals surface area contributed by atoms with E-state index in [1.807, 2.05) is 0 Å². The number of benzene rings is 1. The second kappa shape index (κ2) is 6.28. The lowest BCUT2D eigenvalue weighted by Gasteiger charge is -2.13. The van der Waals surface area contributed by atoms with Crippen molar-refractivity contribution in [3.05, 3.63) is 35.4 Å². The Kier molecular flexibility index (Phi) is 4.70. The second-order valence-corrected chi connectivity index (χ2v) is 5.27. The second-order valence-electron chi connectivity index (χ2n) is 5.27. The van der Waals surface area contributed by atoms with Crippen molar-refractivity contribution in [2.24, 2.45) is 5.92 Å². The minimum absolute atomic E-state index is 0.277. The van der Waals surface area contributed by atoms with Crippen molar-refractivity contribution in [3.63, 3.8) is 0 Å². The number of hydrogen-bond acceptors (Lipinski definition) is 1. The maximum absolute atomic E-state index is 13.5. The molecule has 0 aliphatic heterocycles. The first-order valence-corrected chi connectivity index (χ1v) is 6.86. The molecule has 0 bridgehead atoms. The zero-order valence-electron chi connectivity index (χ0n) is 10.9. The molecule has 2 rings (SSSR count). The van der Waals surface area contributed by atoms with Crippen molar-refractivity contribution in [2.75, 3.05) is 6.54 Å². The summed E-state index contributed by atoms with van der Waals surface area (Å²) < 4.78 is 26.6. The van der Waals surface area contributed by atoms with E-state index in [0.29, 0.717) is 23.9 Å². The molecule has 0 radical (unpaired) electrons. The standard InChI is InChI=1S/C15H21F2N/c1-2-7-18-14-5-3-11(9-14)8-12-10-13(16)4-6-15(12)17/h4,6,10-11,14,18H,2-3,5,7-9H2,1H3. The Labute approximate surface area is 108 Å². The molecule has 1 aromatic rings. The Morgan fingerprint density at radius 2 is 2.11 bits per heavy atom. The quantitative estimate of drug-likeness (QED) is 0.844. The van der Waals surface area contributed by atoms with E-state index in [9.17, 15) is 8.78 Å². The first-order valence-electron chi connectivity index (χ1n) is 6.86. The molecule has 1 saturated carbocycles. The molecule has 18 heavy (non-hydrogen) atoms. The fourth-order valence-electron chi connectivity index (χ4n) is 2.80. The maximum Gasteiger partial charge on any atom is 0.126 e. The highest BCUT2D eigenvalue weighted by molar-refractivity contribution is 5.19. The summed E-state index contributed by atoms with van der Waals surface area (Å²) in [5, 5.41) is 3.51. The van der Waals surface area contributed by atoms with Gasteiger partial charge in [0.25, 0.3) is 0 Å². The molecule has 0 saturated heterocycles. The van der Waals surface area contributed by atoms with Gasteiger partial charge in [0.2, 0.25) is 0 Å². The van der Waals surface area contributed by atoms with E-state index in [2.05, 4.69) is 12.2 Å². The molecule has 1 nitrogen and oxygen atoms in total. The molecule has 0 amide bonds. The number of rotatable bonds is 5. The van der Waals surface area contributed by atoms with E-state index in [1.165, 1.54) is 18.2 Å². The highest BCUT2D eigenvalue weighted by atomic mass is 19.1. The molecule has 2 unspecified atom stereocenters. The van der Waals surface area contributed by atoms with E-state index in [4.69, 9.17) is 0 Å². The predicted molar refractivity (Wildman–Crippen MR) is 69.5 cm³/mol. The zero-order valence-corrected chi connectivity index (χ0v) is 10.9. The van der Waals surface area contributed by atoms with Crippen LogP contribution in [0.25, 0.3) is 0 Å². The first kappa shape index (κ1) is 13.5. The first-order chi connectivity index (χ1) is 8.69. The molecule has 1 N–H and O–H groups in total. The summed E-state index contributed by atoms with van der Waals surface area (Å²) in [6.07, 6.45) is 5.14. The summed E-state index contributed by atoms with van der Waals surface area (Å²) >= 11 is 0. The molecule has 1 fully saturated rings. The van der Waals surface area contributed by atoms with Gasteiger partial charge >= 0.3 is 0 Å². The van der Waals surface area contributed by atoms with Gasteiger partial charge < -0.3 is 5.32 Å². The third-order valence-electron chi connectivity index (χ3n) is 3.74. The summed E-state index contributed by atoms with van der Waals surface area (Å²) in [4.78, 5) is 0. The topological polar surface area (TPSA) is 12.0 Å². The van der Waals surface area contributed by atoms with E-state index in [0.717, 1.165) is 32.2 Å². The fraction of sp³-hybridized carbons (Fsp3) is 0.600. The van der Waals surface area contributed by atoms with Gasteiger partial charge in [-0.2, -0.15) is 0 Å². The van der Waals surface area contributed by atoms with Gasteiger partial charge in [-0.1, -0.05) is 6.92 Å². The third-order valence-corrected chi connectivity index (χ3v) is 3.74. The van der Waals surface area contributed by atoms with Crippen LogP contribution >= 0.6 is 0 Å². The molecule has 3 heteroatoms.